The van der Waals surface area contributed by atoms with Crippen LogP contribution in [0.25, 0.3) is 0 Å². The van der Waals surface area contributed by atoms with Gasteiger partial charge in [0.2, 0.25) is 0 Å². The van der Waals surface area contributed by atoms with E-state index in [-0.39, 0.29) is 17.3 Å². The lowest BCUT2D eigenvalue weighted by atomic mass is 9.95. The number of nitrogens with zero attached hydrogens (tertiary/aromatic N) is 2. The van der Waals surface area contributed by atoms with Gasteiger partial charge in [0.1, 0.15) is 0 Å². The van der Waals surface area contributed by atoms with Crippen LogP contribution in [-0.2, 0) is 7.05 Å². The molecular weight excluding hydrogens is 331 g/mol. The Morgan fingerprint density at radius 3 is 2.35 bits per heavy atom. The molecule has 0 aliphatic heterocycles. The smallest absolute Gasteiger partial charge is 0.300 e. The van der Waals surface area contributed by atoms with Crippen LogP contribution in [0.15, 0.2) is 9.59 Å². The van der Waals surface area contributed by atoms with E-state index in [0.29, 0.717) is 3.57 Å². The maximum atomic E-state index is 12.2. The summed E-state index contributed by atoms with van der Waals surface area (Å²) in [5, 5.41) is 0. The van der Waals surface area contributed by atoms with Gasteiger partial charge in [-0.1, -0.05) is 19.3 Å². The molecule has 1 aromatic heterocycles. The van der Waals surface area contributed by atoms with Gasteiger partial charge in [-0.25, -0.2) is 4.79 Å². The zero-order valence-electron chi connectivity index (χ0n) is 10.2. The molecule has 0 atom stereocenters. The number of halogens is 1. The number of aromatic nitrogens is 2. The second kappa shape index (κ2) is 4.96. The molecule has 94 valence electrons. The zero-order valence-corrected chi connectivity index (χ0v) is 12.4. The van der Waals surface area contributed by atoms with E-state index >= 15 is 0 Å². The summed E-state index contributed by atoms with van der Waals surface area (Å²) in [5.41, 5.74) is 0.477. The van der Waals surface area contributed by atoms with Crippen LogP contribution in [0.2, 0.25) is 0 Å². The Labute approximate surface area is 114 Å². The number of hydrogen-bond donors (Lipinski definition) is 0. The summed E-state index contributed by atoms with van der Waals surface area (Å²) in [5.74, 6) is 0. The van der Waals surface area contributed by atoms with Gasteiger partial charge >= 0.3 is 5.69 Å². The van der Waals surface area contributed by atoms with Crippen LogP contribution in [0, 0.1) is 10.5 Å². The largest absolute Gasteiger partial charge is 0.331 e. The highest BCUT2D eigenvalue weighted by Gasteiger charge is 2.21. The minimum Gasteiger partial charge on any atom is -0.300 e. The van der Waals surface area contributed by atoms with Gasteiger partial charge in [0, 0.05) is 18.8 Å². The summed E-state index contributed by atoms with van der Waals surface area (Å²) in [7, 11) is 1.73. The van der Waals surface area contributed by atoms with Gasteiger partial charge in [0.05, 0.1) is 3.57 Å². The molecule has 2 rings (SSSR count). The van der Waals surface area contributed by atoms with Gasteiger partial charge in [-0.3, -0.25) is 13.9 Å². The molecule has 1 aliphatic rings. The molecule has 0 amide bonds. The van der Waals surface area contributed by atoms with Gasteiger partial charge in [-0.05, 0) is 42.4 Å². The molecule has 1 fully saturated rings. The van der Waals surface area contributed by atoms with E-state index in [1.165, 1.54) is 11.0 Å². The molecule has 0 aromatic carbocycles. The van der Waals surface area contributed by atoms with Gasteiger partial charge in [-0.15, -0.1) is 0 Å². The fraction of sp³-hybridized carbons (Fsp3) is 0.667. The second-order valence-corrected chi connectivity index (χ2v) is 5.79. The third-order valence-electron chi connectivity index (χ3n) is 3.66. The van der Waals surface area contributed by atoms with Crippen molar-refractivity contribution in [1.29, 1.82) is 0 Å². The highest BCUT2D eigenvalue weighted by molar-refractivity contribution is 14.1. The zero-order chi connectivity index (χ0) is 12.6. The van der Waals surface area contributed by atoms with Crippen molar-refractivity contribution in [3.8, 4) is 0 Å². The van der Waals surface area contributed by atoms with Crippen molar-refractivity contribution in [1.82, 2.24) is 9.13 Å². The summed E-state index contributed by atoms with van der Waals surface area (Å²) in [6.45, 7) is 1.82. The molecule has 0 bridgehead atoms. The van der Waals surface area contributed by atoms with E-state index in [2.05, 4.69) is 0 Å². The Kier molecular flexibility index (Phi) is 3.75. The maximum absolute atomic E-state index is 12.2. The summed E-state index contributed by atoms with van der Waals surface area (Å²) in [6.07, 6.45) is 5.35. The van der Waals surface area contributed by atoms with Crippen molar-refractivity contribution in [2.45, 2.75) is 45.1 Å². The van der Waals surface area contributed by atoms with Crippen LogP contribution in [-0.4, -0.2) is 9.13 Å². The normalized spacial score (nSPS) is 17.4. The highest BCUT2D eigenvalue weighted by Crippen LogP contribution is 2.26. The van der Waals surface area contributed by atoms with Gasteiger partial charge in [0.15, 0.2) is 0 Å². The molecule has 1 saturated carbocycles. The molecule has 0 N–H and O–H groups in total. The average Bonchev–Trinajstić information content (AvgIpc) is 2.36. The van der Waals surface area contributed by atoms with Crippen molar-refractivity contribution in [2.24, 2.45) is 7.05 Å². The van der Waals surface area contributed by atoms with Gasteiger partial charge < -0.3 is 0 Å². The molecule has 17 heavy (non-hydrogen) atoms. The van der Waals surface area contributed by atoms with Crippen LogP contribution in [0.4, 0.5) is 0 Å². The third kappa shape index (κ3) is 2.21. The first-order chi connectivity index (χ1) is 8.04. The van der Waals surface area contributed by atoms with Crippen molar-refractivity contribution in [3.05, 3.63) is 30.1 Å². The molecule has 0 saturated heterocycles. The van der Waals surface area contributed by atoms with Crippen molar-refractivity contribution < 1.29 is 0 Å². The molecule has 1 aromatic rings. The Balaban J connectivity index is 2.61. The topological polar surface area (TPSA) is 44.0 Å². The van der Waals surface area contributed by atoms with Crippen LogP contribution in [0.3, 0.4) is 0 Å². The van der Waals surface area contributed by atoms with Crippen LogP contribution in [0.5, 0.6) is 0 Å². The predicted octanol–water partition coefficient (Wildman–Crippen LogP) is 1.97. The van der Waals surface area contributed by atoms with E-state index < -0.39 is 0 Å². The first-order valence-electron chi connectivity index (χ1n) is 6.01. The molecule has 0 radical (unpaired) electrons. The average molecular weight is 348 g/mol. The Hall–Kier alpha value is -0.590. The molecule has 0 unspecified atom stereocenters. The van der Waals surface area contributed by atoms with Crippen molar-refractivity contribution in [3.63, 3.8) is 0 Å². The third-order valence-corrected chi connectivity index (χ3v) is 4.90. The minimum absolute atomic E-state index is 0.101. The molecule has 4 nitrogen and oxygen atoms in total. The summed E-state index contributed by atoms with van der Waals surface area (Å²) in [4.78, 5) is 24.4. The van der Waals surface area contributed by atoms with Crippen molar-refractivity contribution in [2.75, 3.05) is 0 Å². The highest BCUT2D eigenvalue weighted by atomic mass is 127. The summed E-state index contributed by atoms with van der Waals surface area (Å²) < 4.78 is 3.71. The van der Waals surface area contributed by atoms with E-state index in [0.717, 1.165) is 31.4 Å². The van der Waals surface area contributed by atoms with E-state index in [1.807, 2.05) is 29.5 Å². The molecule has 0 spiro atoms. The lowest BCUT2D eigenvalue weighted by Crippen LogP contribution is -2.44. The van der Waals surface area contributed by atoms with E-state index in [1.54, 1.807) is 11.6 Å². The standard InChI is InChI=1S/C12H17IN2O2/c1-8-10(13)11(16)15(12(17)14(8)2)9-6-4-3-5-7-9/h9H,3-7H2,1-2H3. The lowest BCUT2D eigenvalue weighted by molar-refractivity contribution is 0.329. The SMILES string of the molecule is Cc1c(I)c(=O)n(C2CCCCC2)c(=O)n1C. The van der Waals surface area contributed by atoms with Crippen LogP contribution in [0.1, 0.15) is 43.8 Å². The first-order valence-corrected chi connectivity index (χ1v) is 7.09. The molecular formula is C12H17IN2O2. The van der Waals surface area contributed by atoms with Crippen LogP contribution < -0.4 is 11.2 Å². The quantitative estimate of drug-likeness (QED) is 0.729. The number of hydrogen-bond acceptors (Lipinski definition) is 2. The monoisotopic (exact) mass is 348 g/mol. The Morgan fingerprint density at radius 1 is 1.18 bits per heavy atom. The molecule has 1 aliphatic carbocycles. The lowest BCUT2D eigenvalue weighted by Gasteiger charge is -2.24. The summed E-state index contributed by atoms with van der Waals surface area (Å²) >= 11 is 2.04. The molecule has 1 heterocycles. The summed E-state index contributed by atoms with van der Waals surface area (Å²) in [6, 6.07) is 0.101. The second-order valence-electron chi connectivity index (χ2n) is 4.71. The number of rotatable bonds is 1. The van der Waals surface area contributed by atoms with Gasteiger partial charge in [-0.2, -0.15) is 0 Å². The Morgan fingerprint density at radius 2 is 1.76 bits per heavy atom. The van der Waals surface area contributed by atoms with E-state index in [4.69, 9.17) is 0 Å². The van der Waals surface area contributed by atoms with Crippen molar-refractivity contribution >= 4 is 22.6 Å². The predicted molar refractivity (Wildman–Crippen MR) is 75.5 cm³/mol. The Bertz CT molecular complexity index is 501. The fourth-order valence-electron chi connectivity index (χ4n) is 2.46. The molecule has 5 heteroatoms. The fourth-order valence-corrected chi connectivity index (χ4v) is 3.08. The minimum atomic E-state index is -0.167. The van der Waals surface area contributed by atoms with Crippen LogP contribution >= 0.6 is 22.6 Å². The van der Waals surface area contributed by atoms with Gasteiger partial charge in [0.25, 0.3) is 5.56 Å². The first kappa shape index (κ1) is 12.9. The maximum Gasteiger partial charge on any atom is 0.331 e. The van der Waals surface area contributed by atoms with E-state index in [9.17, 15) is 9.59 Å².